The summed E-state index contributed by atoms with van der Waals surface area (Å²) in [5, 5.41) is 15.1. The third-order valence-electron chi connectivity index (χ3n) is 4.07. The number of carbonyl (C=O) groups is 3. The first kappa shape index (κ1) is 17.0. The molecule has 128 valence electrons. The number of thiophene rings is 1. The smallest absolute Gasteiger partial charge is 0.330 e. The maximum Gasteiger partial charge on any atom is 0.330 e. The molecular weight excluding hydrogens is 352 g/mol. The topological polar surface area (TPSA) is 95.9 Å². The Kier molecular flexibility index (Phi) is 4.41. The van der Waals surface area contributed by atoms with Crippen molar-refractivity contribution >= 4 is 40.9 Å². The van der Waals surface area contributed by atoms with Gasteiger partial charge in [0.1, 0.15) is 5.37 Å². The number of carboxylic acids is 1. The molecule has 3 rings (SSSR count). The number of rotatable bonds is 5. The SMILES string of the molecule is C=C1CS[C@@H]2N(C(=O)C2(NC(=O)Cc2ccsc2)OC)C1C(=O)O. The standard InChI is InChI=1S/C15H16N2O5S2/c1-8-6-24-14-15(22-2,13(21)17(14)11(8)12(19)20)16-10(18)5-9-3-4-23-7-9/h3-4,7,11,14H,1,5-6H2,2H3,(H,16,18)(H,19,20)/t11?,14-,15?/m0/s1. The van der Waals surface area contributed by atoms with Crippen LogP contribution in [0.2, 0.25) is 0 Å². The van der Waals surface area contributed by atoms with Gasteiger partial charge in [-0.05, 0) is 28.0 Å². The van der Waals surface area contributed by atoms with E-state index in [0.29, 0.717) is 11.3 Å². The van der Waals surface area contributed by atoms with Crippen LogP contribution in [-0.2, 0) is 25.5 Å². The molecule has 2 saturated heterocycles. The summed E-state index contributed by atoms with van der Waals surface area (Å²) >= 11 is 2.81. The van der Waals surface area contributed by atoms with Gasteiger partial charge in [-0.15, -0.1) is 11.8 Å². The summed E-state index contributed by atoms with van der Waals surface area (Å²) < 4.78 is 5.34. The van der Waals surface area contributed by atoms with Gasteiger partial charge in [-0.2, -0.15) is 11.3 Å². The van der Waals surface area contributed by atoms with Gasteiger partial charge in [-0.25, -0.2) is 4.79 Å². The predicted molar refractivity (Wildman–Crippen MR) is 89.6 cm³/mol. The lowest BCUT2D eigenvalue weighted by Crippen LogP contribution is -2.83. The van der Waals surface area contributed by atoms with Crippen LogP contribution in [0.4, 0.5) is 0 Å². The number of amides is 2. The molecule has 0 aromatic carbocycles. The zero-order valence-corrected chi connectivity index (χ0v) is 14.5. The van der Waals surface area contributed by atoms with E-state index in [0.717, 1.165) is 5.56 Å². The lowest BCUT2D eigenvalue weighted by molar-refractivity contribution is -0.201. The molecule has 24 heavy (non-hydrogen) atoms. The van der Waals surface area contributed by atoms with Crippen molar-refractivity contribution in [1.82, 2.24) is 10.2 Å². The van der Waals surface area contributed by atoms with E-state index in [1.807, 2.05) is 16.8 Å². The van der Waals surface area contributed by atoms with Crippen LogP contribution in [0, 0.1) is 0 Å². The normalized spacial score (nSPS) is 29.0. The molecule has 0 spiro atoms. The van der Waals surface area contributed by atoms with Gasteiger partial charge in [-0.3, -0.25) is 9.59 Å². The number of nitrogens with zero attached hydrogens (tertiary/aromatic N) is 1. The molecular formula is C15H16N2O5S2. The molecule has 2 unspecified atom stereocenters. The average Bonchev–Trinajstić information content (AvgIpc) is 3.04. The molecule has 3 heterocycles. The molecule has 2 N–H and O–H groups in total. The first-order valence-electron chi connectivity index (χ1n) is 7.13. The average molecular weight is 368 g/mol. The van der Waals surface area contributed by atoms with Crippen molar-refractivity contribution in [3.63, 3.8) is 0 Å². The van der Waals surface area contributed by atoms with Crippen molar-refractivity contribution < 1.29 is 24.2 Å². The summed E-state index contributed by atoms with van der Waals surface area (Å²) in [6.45, 7) is 3.73. The number of hydrogen-bond donors (Lipinski definition) is 2. The summed E-state index contributed by atoms with van der Waals surface area (Å²) in [4.78, 5) is 37.6. The first-order valence-corrected chi connectivity index (χ1v) is 9.12. The van der Waals surface area contributed by atoms with Crippen LogP contribution in [0.1, 0.15) is 5.56 Å². The molecule has 2 fully saturated rings. The van der Waals surface area contributed by atoms with Crippen molar-refractivity contribution in [2.45, 2.75) is 23.6 Å². The van der Waals surface area contributed by atoms with E-state index in [-0.39, 0.29) is 12.3 Å². The number of nitrogens with one attached hydrogen (secondary N) is 1. The largest absolute Gasteiger partial charge is 0.479 e. The van der Waals surface area contributed by atoms with E-state index >= 15 is 0 Å². The number of aliphatic carboxylic acids is 1. The van der Waals surface area contributed by atoms with Crippen LogP contribution in [0.5, 0.6) is 0 Å². The molecule has 3 atom stereocenters. The number of hydrogen-bond acceptors (Lipinski definition) is 6. The van der Waals surface area contributed by atoms with Crippen molar-refractivity contribution in [2.75, 3.05) is 12.9 Å². The highest BCUT2D eigenvalue weighted by Gasteiger charge is 2.67. The van der Waals surface area contributed by atoms with E-state index < -0.39 is 29.0 Å². The highest BCUT2D eigenvalue weighted by Crippen LogP contribution is 2.46. The zero-order chi connectivity index (χ0) is 17.5. The summed E-state index contributed by atoms with van der Waals surface area (Å²) in [7, 11) is 1.33. The van der Waals surface area contributed by atoms with Crippen molar-refractivity contribution in [2.24, 2.45) is 0 Å². The van der Waals surface area contributed by atoms with Gasteiger partial charge in [0.05, 0.1) is 6.42 Å². The Bertz CT molecular complexity index is 705. The number of methoxy groups -OCH3 is 1. The second-order valence-electron chi connectivity index (χ2n) is 5.57. The van der Waals surface area contributed by atoms with Crippen LogP contribution in [0.25, 0.3) is 0 Å². The number of carbonyl (C=O) groups excluding carboxylic acids is 2. The molecule has 1 aromatic rings. The zero-order valence-electron chi connectivity index (χ0n) is 12.9. The van der Waals surface area contributed by atoms with Crippen molar-refractivity contribution in [3.8, 4) is 0 Å². The van der Waals surface area contributed by atoms with Crippen LogP contribution in [-0.4, -0.2) is 57.8 Å². The van der Waals surface area contributed by atoms with Gasteiger partial charge in [-0.1, -0.05) is 6.58 Å². The highest BCUT2D eigenvalue weighted by molar-refractivity contribution is 8.00. The Labute approximate surface area is 146 Å². The van der Waals surface area contributed by atoms with E-state index in [2.05, 4.69) is 11.9 Å². The molecule has 0 bridgehead atoms. The molecule has 2 aliphatic heterocycles. The van der Waals surface area contributed by atoms with Crippen LogP contribution < -0.4 is 5.32 Å². The molecule has 1 aromatic heterocycles. The van der Waals surface area contributed by atoms with Gasteiger partial charge in [0.15, 0.2) is 6.04 Å². The summed E-state index contributed by atoms with van der Waals surface area (Å²) in [5.41, 5.74) is -0.224. The Hall–Kier alpha value is -1.84. The predicted octanol–water partition coefficient (Wildman–Crippen LogP) is 0.674. The summed E-state index contributed by atoms with van der Waals surface area (Å²) in [5.74, 6) is -1.65. The minimum atomic E-state index is -1.52. The maximum absolute atomic E-state index is 12.6. The minimum Gasteiger partial charge on any atom is -0.479 e. The Balaban J connectivity index is 1.78. The lowest BCUT2D eigenvalue weighted by Gasteiger charge is -2.58. The Morgan fingerprint density at radius 1 is 1.58 bits per heavy atom. The van der Waals surface area contributed by atoms with Gasteiger partial charge in [0.2, 0.25) is 5.91 Å². The van der Waals surface area contributed by atoms with Crippen molar-refractivity contribution in [3.05, 3.63) is 34.5 Å². The quantitative estimate of drug-likeness (QED) is 0.451. The molecule has 0 radical (unpaired) electrons. The highest BCUT2D eigenvalue weighted by atomic mass is 32.2. The molecule has 0 saturated carbocycles. The monoisotopic (exact) mass is 368 g/mol. The molecule has 7 nitrogen and oxygen atoms in total. The summed E-state index contributed by atoms with van der Waals surface area (Å²) in [6.07, 6.45) is 0.133. The van der Waals surface area contributed by atoms with E-state index in [1.165, 1.54) is 35.1 Å². The Morgan fingerprint density at radius 2 is 2.33 bits per heavy atom. The van der Waals surface area contributed by atoms with E-state index in [9.17, 15) is 19.5 Å². The number of thioether (sulfide) groups is 1. The fourth-order valence-corrected chi connectivity index (χ4v) is 4.99. The van der Waals surface area contributed by atoms with E-state index in [4.69, 9.17) is 4.74 Å². The van der Waals surface area contributed by atoms with Crippen LogP contribution >= 0.6 is 23.1 Å². The minimum absolute atomic E-state index is 0.133. The van der Waals surface area contributed by atoms with Gasteiger partial charge >= 0.3 is 5.97 Å². The number of ether oxygens (including phenoxy) is 1. The van der Waals surface area contributed by atoms with Gasteiger partial charge in [0, 0.05) is 12.9 Å². The molecule has 0 aliphatic carbocycles. The summed E-state index contributed by atoms with van der Waals surface area (Å²) in [6, 6.07) is 0.749. The lowest BCUT2D eigenvalue weighted by atomic mass is 9.94. The number of fused-ring (bicyclic) bond motifs is 1. The first-order chi connectivity index (χ1) is 11.4. The maximum atomic E-state index is 12.6. The van der Waals surface area contributed by atoms with E-state index in [1.54, 1.807) is 0 Å². The van der Waals surface area contributed by atoms with Crippen LogP contribution in [0.15, 0.2) is 29.0 Å². The van der Waals surface area contributed by atoms with Gasteiger partial charge < -0.3 is 20.1 Å². The third kappa shape index (κ3) is 2.52. The third-order valence-corrected chi connectivity index (χ3v) is 6.21. The fourth-order valence-electron chi connectivity index (χ4n) is 2.92. The number of β-lactam (4-membered cyclic amide) rings is 1. The van der Waals surface area contributed by atoms with Gasteiger partial charge in [0.25, 0.3) is 11.6 Å². The second kappa shape index (κ2) is 6.23. The molecule has 2 aliphatic rings. The van der Waals surface area contributed by atoms with Crippen molar-refractivity contribution in [1.29, 1.82) is 0 Å². The molecule has 2 amide bonds. The Morgan fingerprint density at radius 3 is 2.92 bits per heavy atom. The second-order valence-corrected chi connectivity index (χ2v) is 7.42. The molecule has 9 heteroatoms. The fraction of sp³-hybridized carbons (Fsp3) is 0.400. The number of carboxylic acid groups (broad SMARTS) is 1. The van der Waals surface area contributed by atoms with Crippen LogP contribution in [0.3, 0.4) is 0 Å².